The smallest absolute Gasteiger partial charge is 0.224 e. The van der Waals surface area contributed by atoms with Gasteiger partial charge in [-0.15, -0.1) is 12.4 Å². The molecule has 0 aliphatic heterocycles. The first-order chi connectivity index (χ1) is 9.90. The van der Waals surface area contributed by atoms with Gasteiger partial charge in [0.1, 0.15) is 5.82 Å². The molecule has 1 saturated carbocycles. The average molecular weight is 329 g/mol. The number of nitrogens with one attached hydrogen (secondary N) is 1. The second kappa shape index (κ2) is 7.93. The molecule has 0 heterocycles. The molecule has 1 aromatic carbocycles. The molecule has 22 heavy (non-hydrogen) atoms. The largest absolute Gasteiger partial charge is 0.355 e. The Labute approximate surface area is 138 Å². The van der Waals surface area contributed by atoms with Crippen LogP contribution in [0.5, 0.6) is 0 Å². The molecule has 0 saturated heterocycles. The Morgan fingerprint density at radius 1 is 1.45 bits per heavy atom. The third-order valence-corrected chi connectivity index (χ3v) is 4.57. The number of benzene rings is 1. The molecule has 5 heteroatoms. The number of rotatable bonds is 4. The number of carbonyl (C=O) groups excluding carboxylic acids is 1. The quantitative estimate of drug-likeness (QED) is 0.892. The van der Waals surface area contributed by atoms with Crippen molar-refractivity contribution in [2.45, 2.75) is 51.5 Å². The summed E-state index contributed by atoms with van der Waals surface area (Å²) in [4.78, 5) is 12.3. The number of aryl methyl sites for hydroxylation is 1. The molecule has 0 spiro atoms. The van der Waals surface area contributed by atoms with Gasteiger partial charge in [-0.05, 0) is 56.4 Å². The molecule has 1 aromatic rings. The van der Waals surface area contributed by atoms with E-state index in [1.165, 1.54) is 12.1 Å². The molecule has 2 atom stereocenters. The van der Waals surface area contributed by atoms with E-state index in [4.69, 9.17) is 5.73 Å². The fourth-order valence-corrected chi connectivity index (χ4v) is 3.17. The third-order valence-electron chi connectivity index (χ3n) is 4.57. The summed E-state index contributed by atoms with van der Waals surface area (Å²) < 4.78 is 13.0. The lowest BCUT2D eigenvalue weighted by Crippen LogP contribution is -2.53. The second-order valence-corrected chi connectivity index (χ2v) is 6.42. The lowest BCUT2D eigenvalue weighted by atomic mass is 9.74. The number of hydrogen-bond donors (Lipinski definition) is 2. The first kappa shape index (κ1) is 18.9. The minimum Gasteiger partial charge on any atom is -0.355 e. The van der Waals surface area contributed by atoms with Crippen LogP contribution in [0.1, 0.15) is 43.7 Å². The summed E-state index contributed by atoms with van der Waals surface area (Å²) in [5.41, 5.74) is 7.84. The Hall–Kier alpha value is -1.13. The standard InChI is InChI=1S/C17H25FN2O.ClH/c1-12-11-14(18)7-6-13(12)8-10-20-16(21)15-5-3-4-9-17(15,2)19;/h6-7,11,15H,3-5,8-10,19H2,1-2H3,(H,20,21);1H. The molecule has 1 aliphatic rings. The van der Waals surface area contributed by atoms with Crippen molar-refractivity contribution >= 4 is 18.3 Å². The van der Waals surface area contributed by atoms with Gasteiger partial charge in [0.15, 0.2) is 0 Å². The minimum absolute atomic E-state index is 0. The number of hydrogen-bond acceptors (Lipinski definition) is 2. The highest BCUT2D eigenvalue weighted by atomic mass is 35.5. The van der Waals surface area contributed by atoms with Gasteiger partial charge in [0.25, 0.3) is 0 Å². The summed E-state index contributed by atoms with van der Waals surface area (Å²) >= 11 is 0. The van der Waals surface area contributed by atoms with Gasteiger partial charge in [0.05, 0.1) is 5.92 Å². The van der Waals surface area contributed by atoms with E-state index in [0.717, 1.165) is 36.8 Å². The van der Waals surface area contributed by atoms with E-state index in [-0.39, 0.29) is 30.0 Å². The van der Waals surface area contributed by atoms with E-state index in [1.54, 1.807) is 6.07 Å². The Bertz CT molecular complexity index is 519. The molecule has 2 rings (SSSR count). The number of amides is 1. The van der Waals surface area contributed by atoms with Crippen LogP contribution in [-0.2, 0) is 11.2 Å². The average Bonchev–Trinajstić information content (AvgIpc) is 2.40. The first-order valence-electron chi connectivity index (χ1n) is 7.72. The molecule has 0 aromatic heterocycles. The Morgan fingerprint density at radius 3 is 2.82 bits per heavy atom. The van der Waals surface area contributed by atoms with E-state index in [0.29, 0.717) is 13.0 Å². The highest BCUT2D eigenvalue weighted by Gasteiger charge is 2.37. The molecule has 3 N–H and O–H groups in total. The molecule has 2 unspecified atom stereocenters. The van der Waals surface area contributed by atoms with E-state index >= 15 is 0 Å². The lowest BCUT2D eigenvalue weighted by Gasteiger charge is -2.37. The van der Waals surface area contributed by atoms with E-state index in [9.17, 15) is 9.18 Å². The monoisotopic (exact) mass is 328 g/mol. The van der Waals surface area contributed by atoms with Gasteiger partial charge < -0.3 is 11.1 Å². The van der Waals surface area contributed by atoms with Gasteiger partial charge in [-0.25, -0.2) is 4.39 Å². The van der Waals surface area contributed by atoms with Crippen molar-refractivity contribution in [3.05, 3.63) is 35.1 Å². The van der Waals surface area contributed by atoms with Crippen LogP contribution in [0.2, 0.25) is 0 Å². The highest BCUT2D eigenvalue weighted by Crippen LogP contribution is 2.31. The predicted octanol–water partition coefficient (Wildman–Crippen LogP) is 3.12. The van der Waals surface area contributed by atoms with Crippen molar-refractivity contribution in [2.75, 3.05) is 6.54 Å². The van der Waals surface area contributed by atoms with E-state index in [1.807, 2.05) is 13.8 Å². The zero-order valence-corrected chi connectivity index (χ0v) is 14.1. The molecule has 1 amide bonds. The van der Waals surface area contributed by atoms with Crippen LogP contribution in [0.25, 0.3) is 0 Å². The van der Waals surface area contributed by atoms with Crippen molar-refractivity contribution in [3.63, 3.8) is 0 Å². The maximum Gasteiger partial charge on any atom is 0.224 e. The maximum absolute atomic E-state index is 13.0. The van der Waals surface area contributed by atoms with E-state index in [2.05, 4.69) is 5.32 Å². The van der Waals surface area contributed by atoms with Crippen LogP contribution in [0.15, 0.2) is 18.2 Å². The van der Waals surface area contributed by atoms with Crippen molar-refractivity contribution < 1.29 is 9.18 Å². The van der Waals surface area contributed by atoms with Crippen LogP contribution >= 0.6 is 12.4 Å². The summed E-state index contributed by atoms with van der Waals surface area (Å²) in [5, 5.41) is 2.99. The Morgan fingerprint density at radius 2 is 2.18 bits per heavy atom. The Kier molecular flexibility index (Phi) is 6.82. The van der Waals surface area contributed by atoms with Crippen molar-refractivity contribution in [1.82, 2.24) is 5.32 Å². The fourth-order valence-electron chi connectivity index (χ4n) is 3.17. The SMILES string of the molecule is Cc1cc(F)ccc1CCNC(=O)C1CCCCC1(C)N.Cl. The van der Waals surface area contributed by atoms with Gasteiger partial charge in [0, 0.05) is 12.1 Å². The topological polar surface area (TPSA) is 55.1 Å². The van der Waals surface area contributed by atoms with Crippen molar-refractivity contribution in [2.24, 2.45) is 11.7 Å². The molecule has 3 nitrogen and oxygen atoms in total. The number of halogens is 2. The molecule has 0 bridgehead atoms. The highest BCUT2D eigenvalue weighted by molar-refractivity contribution is 5.85. The lowest BCUT2D eigenvalue weighted by molar-refractivity contribution is -0.128. The predicted molar refractivity (Wildman–Crippen MR) is 89.6 cm³/mol. The first-order valence-corrected chi connectivity index (χ1v) is 7.72. The third kappa shape index (κ3) is 4.68. The van der Waals surface area contributed by atoms with Gasteiger partial charge in [0.2, 0.25) is 5.91 Å². The van der Waals surface area contributed by atoms with Crippen LogP contribution in [-0.4, -0.2) is 18.0 Å². The summed E-state index contributed by atoms with van der Waals surface area (Å²) in [7, 11) is 0. The van der Waals surface area contributed by atoms with Crippen LogP contribution in [0.4, 0.5) is 4.39 Å². The van der Waals surface area contributed by atoms with E-state index < -0.39 is 5.54 Å². The van der Waals surface area contributed by atoms with Crippen molar-refractivity contribution in [1.29, 1.82) is 0 Å². The maximum atomic E-state index is 13.0. The van der Waals surface area contributed by atoms with Gasteiger partial charge in [-0.2, -0.15) is 0 Å². The number of carbonyl (C=O) groups is 1. The summed E-state index contributed by atoms with van der Waals surface area (Å²) in [6.07, 6.45) is 4.66. The summed E-state index contributed by atoms with van der Waals surface area (Å²) in [6.45, 7) is 4.43. The normalized spacial score (nSPS) is 24.5. The molecule has 0 radical (unpaired) electrons. The molecule has 1 aliphatic carbocycles. The summed E-state index contributed by atoms with van der Waals surface area (Å²) in [5.74, 6) is -0.263. The molecular weight excluding hydrogens is 303 g/mol. The van der Waals surface area contributed by atoms with Crippen LogP contribution in [0.3, 0.4) is 0 Å². The van der Waals surface area contributed by atoms with Crippen LogP contribution in [0, 0.1) is 18.7 Å². The van der Waals surface area contributed by atoms with Gasteiger partial charge in [-0.1, -0.05) is 18.9 Å². The number of nitrogens with two attached hydrogens (primary N) is 1. The molecule has 1 fully saturated rings. The summed E-state index contributed by atoms with van der Waals surface area (Å²) in [6, 6.07) is 4.77. The zero-order chi connectivity index (χ0) is 15.5. The van der Waals surface area contributed by atoms with Gasteiger partial charge >= 0.3 is 0 Å². The minimum atomic E-state index is -0.395. The van der Waals surface area contributed by atoms with Crippen molar-refractivity contribution in [3.8, 4) is 0 Å². The molecular formula is C17H26ClFN2O. The molecule has 124 valence electrons. The zero-order valence-electron chi connectivity index (χ0n) is 13.3. The fraction of sp³-hybridized carbons (Fsp3) is 0.588. The van der Waals surface area contributed by atoms with Gasteiger partial charge in [-0.3, -0.25) is 4.79 Å². The second-order valence-electron chi connectivity index (χ2n) is 6.42. The Balaban J connectivity index is 0.00000242. The van der Waals surface area contributed by atoms with Crippen LogP contribution < -0.4 is 11.1 Å².